The third-order valence-electron chi connectivity index (χ3n) is 4.64. The average Bonchev–Trinajstić information content (AvgIpc) is 2.61. The van der Waals surface area contributed by atoms with Crippen LogP contribution in [-0.2, 0) is 21.1 Å². The summed E-state index contributed by atoms with van der Waals surface area (Å²) in [5.74, 6) is -0.0826. The van der Waals surface area contributed by atoms with E-state index in [1.807, 2.05) is 0 Å². The molecule has 144 valence electrons. The Hall–Kier alpha value is -2.12. The zero-order valence-corrected chi connectivity index (χ0v) is 16.3. The van der Waals surface area contributed by atoms with E-state index < -0.39 is 20.9 Å². The van der Waals surface area contributed by atoms with E-state index in [0.29, 0.717) is 17.7 Å². The minimum Gasteiger partial charge on any atom is -0.497 e. The number of ether oxygens (including phenoxy) is 1. The first-order valence-corrected chi connectivity index (χ1v) is 10.3. The van der Waals surface area contributed by atoms with Crippen molar-refractivity contribution in [3.05, 3.63) is 58.9 Å². The molecular formula is C19H19ClFNO4S. The number of carbonyl (C=O) groups is 1. The fourth-order valence-electron chi connectivity index (χ4n) is 2.90. The van der Waals surface area contributed by atoms with E-state index in [9.17, 15) is 17.6 Å². The van der Waals surface area contributed by atoms with Gasteiger partial charge in [0.05, 0.1) is 17.0 Å². The van der Waals surface area contributed by atoms with Gasteiger partial charge in [-0.25, -0.2) is 12.8 Å². The summed E-state index contributed by atoms with van der Waals surface area (Å²) in [7, 11) is -1.97. The highest BCUT2D eigenvalue weighted by atomic mass is 35.5. The molecule has 0 spiro atoms. The lowest BCUT2D eigenvalue weighted by Crippen LogP contribution is -2.56. The van der Waals surface area contributed by atoms with Crippen LogP contribution in [-0.4, -0.2) is 44.7 Å². The van der Waals surface area contributed by atoms with Crippen LogP contribution in [0.3, 0.4) is 0 Å². The topological polar surface area (TPSA) is 63.7 Å². The third kappa shape index (κ3) is 4.25. The van der Waals surface area contributed by atoms with E-state index in [0.717, 1.165) is 0 Å². The molecule has 1 aliphatic heterocycles. The highest BCUT2D eigenvalue weighted by Gasteiger charge is 2.40. The molecule has 1 heterocycles. The number of sulfone groups is 1. The normalized spacial score (nSPS) is 14.7. The Kier molecular flexibility index (Phi) is 5.72. The van der Waals surface area contributed by atoms with Crippen molar-refractivity contribution < 1.29 is 22.3 Å². The molecule has 8 heteroatoms. The van der Waals surface area contributed by atoms with E-state index >= 15 is 0 Å². The molecule has 2 aromatic rings. The molecule has 0 saturated carbocycles. The van der Waals surface area contributed by atoms with Crippen LogP contribution in [0.25, 0.3) is 0 Å². The van der Waals surface area contributed by atoms with Gasteiger partial charge in [-0.05, 0) is 48.4 Å². The number of hydrogen-bond acceptors (Lipinski definition) is 4. The van der Waals surface area contributed by atoms with Crippen molar-refractivity contribution in [3.8, 4) is 5.75 Å². The predicted molar refractivity (Wildman–Crippen MR) is 100 cm³/mol. The molecular weight excluding hydrogens is 393 g/mol. The summed E-state index contributed by atoms with van der Waals surface area (Å²) in [6.07, 6.45) is 0.565. The van der Waals surface area contributed by atoms with Crippen molar-refractivity contribution in [2.75, 3.05) is 20.2 Å². The van der Waals surface area contributed by atoms with Gasteiger partial charge in [0.1, 0.15) is 16.8 Å². The maximum absolute atomic E-state index is 13.4. The van der Waals surface area contributed by atoms with Crippen LogP contribution >= 0.6 is 11.6 Å². The van der Waals surface area contributed by atoms with Gasteiger partial charge in [0.2, 0.25) is 5.91 Å². The predicted octanol–water partition coefficient (Wildman–Crippen LogP) is 3.11. The summed E-state index contributed by atoms with van der Waals surface area (Å²) in [5, 5.41) is -0.567. The van der Waals surface area contributed by atoms with E-state index in [4.69, 9.17) is 16.3 Å². The Labute approximate surface area is 162 Å². The number of hydrogen-bond donors (Lipinski definition) is 0. The standard InChI is InChI=1S/C19H19ClFNO4S/c1-26-14-4-6-15(7-5-14)27(24,25)16-11-22(12-16)19(23)9-3-13-2-8-17(20)18(21)10-13/h2,4-8,10,16H,3,9,11-12H2,1H3. The van der Waals surface area contributed by atoms with Gasteiger partial charge < -0.3 is 9.64 Å². The zero-order valence-electron chi connectivity index (χ0n) is 14.7. The zero-order chi connectivity index (χ0) is 19.6. The molecule has 1 fully saturated rings. The van der Waals surface area contributed by atoms with E-state index in [-0.39, 0.29) is 35.3 Å². The molecule has 0 aromatic heterocycles. The van der Waals surface area contributed by atoms with Gasteiger partial charge in [-0.1, -0.05) is 17.7 Å². The third-order valence-corrected chi connectivity index (χ3v) is 7.05. The quantitative estimate of drug-likeness (QED) is 0.732. The van der Waals surface area contributed by atoms with Gasteiger partial charge in [0, 0.05) is 19.5 Å². The lowest BCUT2D eigenvalue weighted by atomic mass is 10.1. The largest absolute Gasteiger partial charge is 0.497 e. The maximum Gasteiger partial charge on any atom is 0.222 e. The lowest BCUT2D eigenvalue weighted by Gasteiger charge is -2.38. The van der Waals surface area contributed by atoms with Crippen LogP contribution in [0, 0.1) is 5.82 Å². The second kappa shape index (κ2) is 7.86. The Bertz CT molecular complexity index is 941. The first-order valence-electron chi connectivity index (χ1n) is 8.41. The van der Waals surface area contributed by atoms with Crippen molar-refractivity contribution in [3.63, 3.8) is 0 Å². The molecule has 0 atom stereocenters. The second-order valence-corrected chi connectivity index (χ2v) is 9.03. The lowest BCUT2D eigenvalue weighted by molar-refractivity contribution is -0.134. The number of nitrogens with zero attached hydrogens (tertiary/aromatic N) is 1. The van der Waals surface area contributed by atoms with Crippen LogP contribution < -0.4 is 4.74 Å². The molecule has 3 rings (SSSR count). The number of amides is 1. The molecule has 0 radical (unpaired) electrons. The van der Waals surface area contributed by atoms with Crippen LogP contribution in [0.4, 0.5) is 4.39 Å². The maximum atomic E-state index is 13.4. The average molecular weight is 412 g/mol. The van der Waals surface area contributed by atoms with Gasteiger partial charge in [-0.15, -0.1) is 0 Å². The minimum absolute atomic E-state index is 0.0411. The number of rotatable bonds is 6. The van der Waals surface area contributed by atoms with E-state index in [1.54, 1.807) is 18.2 Å². The monoisotopic (exact) mass is 411 g/mol. The second-order valence-electron chi connectivity index (χ2n) is 6.39. The van der Waals surface area contributed by atoms with E-state index in [1.165, 1.54) is 36.3 Å². The molecule has 27 heavy (non-hydrogen) atoms. The van der Waals surface area contributed by atoms with Crippen molar-refractivity contribution in [1.82, 2.24) is 4.90 Å². The van der Waals surface area contributed by atoms with Crippen molar-refractivity contribution in [1.29, 1.82) is 0 Å². The van der Waals surface area contributed by atoms with Gasteiger partial charge in [0.15, 0.2) is 9.84 Å². The van der Waals surface area contributed by atoms with Gasteiger partial charge in [0.25, 0.3) is 0 Å². The Balaban J connectivity index is 1.54. The molecule has 0 aliphatic carbocycles. The Morgan fingerprint density at radius 2 is 1.89 bits per heavy atom. The SMILES string of the molecule is COc1ccc(S(=O)(=O)C2CN(C(=O)CCc3ccc(Cl)c(F)c3)C2)cc1. The molecule has 0 bridgehead atoms. The summed E-state index contributed by atoms with van der Waals surface area (Å²) in [4.78, 5) is 14.0. The summed E-state index contributed by atoms with van der Waals surface area (Å²) in [6, 6.07) is 10.6. The summed E-state index contributed by atoms with van der Waals surface area (Å²) < 4.78 is 43.7. The van der Waals surface area contributed by atoms with Gasteiger partial charge >= 0.3 is 0 Å². The fraction of sp³-hybridized carbons (Fsp3) is 0.316. The van der Waals surface area contributed by atoms with Crippen molar-refractivity contribution >= 4 is 27.3 Å². The first-order chi connectivity index (χ1) is 12.8. The number of aryl methyl sites for hydroxylation is 1. The highest BCUT2D eigenvalue weighted by molar-refractivity contribution is 7.92. The molecule has 5 nitrogen and oxygen atoms in total. The molecule has 0 unspecified atom stereocenters. The smallest absolute Gasteiger partial charge is 0.222 e. The van der Waals surface area contributed by atoms with Crippen LogP contribution in [0.15, 0.2) is 47.4 Å². The minimum atomic E-state index is -3.48. The molecule has 1 aliphatic rings. The summed E-state index contributed by atoms with van der Waals surface area (Å²) >= 11 is 5.64. The molecule has 1 amide bonds. The van der Waals surface area contributed by atoms with Crippen LogP contribution in [0.2, 0.25) is 5.02 Å². The van der Waals surface area contributed by atoms with Crippen LogP contribution in [0.5, 0.6) is 5.75 Å². The number of methoxy groups -OCH3 is 1. The highest BCUT2D eigenvalue weighted by Crippen LogP contribution is 2.26. The Morgan fingerprint density at radius 1 is 1.22 bits per heavy atom. The molecule has 0 N–H and O–H groups in total. The number of carbonyl (C=O) groups excluding carboxylic acids is 1. The van der Waals surface area contributed by atoms with Crippen molar-refractivity contribution in [2.45, 2.75) is 23.0 Å². The fourth-order valence-corrected chi connectivity index (χ4v) is 4.67. The summed E-state index contributed by atoms with van der Waals surface area (Å²) in [6.45, 7) is 0.338. The Morgan fingerprint density at radius 3 is 2.48 bits per heavy atom. The first kappa shape index (κ1) is 19.6. The van der Waals surface area contributed by atoms with Crippen LogP contribution in [0.1, 0.15) is 12.0 Å². The number of halogens is 2. The van der Waals surface area contributed by atoms with E-state index in [2.05, 4.69) is 0 Å². The van der Waals surface area contributed by atoms with Crippen molar-refractivity contribution in [2.24, 2.45) is 0 Å². The van der Waals surface area contributed by atoms with Gasteiger partial charge in [-0.3, -0.25) is 4.79 Å². The number of likely N-dealkylation sites (tertiary alicyclic amines) is 1. The molecule has 1 saturated heterocycles. The molecule has 2 aromatic carbocycles. The number of benzene rings is 2. The van der Waals surface area contributed by atoms with Gasteiger partial charge in [-0.2, -0.15) is 0 Å². The summed E-state index contributed by atoms with van der Waals surface area (Å²) in [5.41, 5.74) is 0.674.